The summed E-state index contributed by atoms with van der Waals surface area (Å²) in [7, 11) is 2.93. The Morgan fingerprint density at radius 1 is 1.64 bits per heavy atom. The molecule has 0 saturated carbocycles. The fraction of sp³-hybridized carbons (Fsp3) is 0.500. The van der Waals surface area contributed by atoms with Gasteiger partial charge in [-0.05, 0) is 15.9 Å². The van der Waals surface area contributed by atoms with Gasteiger partial charge in [0.25, 0.3) is 0 Å². The monoisotopic (exact) mass is 262 g/mol. The van der Waals surface area contributed by atoms with Crippen molar-refractivity contribution in [1.29, 1.82) is 0 Å². The van der Waals surface area contributed by atoms with Gasteiger partial charge in [0.15, 0.2) is 5.69 Å². The van der Waals surface area contributed by atoms with Crippen molar-refractivity contribution < 1.29 is 14.3 Å². The van der Waals surface area contributed by atoms with E-state index < -0.39 is 5.97 Å². The summed E-state index contributed by atoms with van der Waals surface area (Å²) in [5, 5.41) is 4.01. The summed E-state index contributed by atoms with van der Waals surface area (Å²) >= 11 is 3.23. The number of halogens is 1. The van der Waals surface area contributed by atoms with Gasteiger partial charge in [0.2, 0.25) is 0 Å². The van der Waals surface area contributed by atoms with Crippen LogP contribution in [0.5, 0.6) is 0 Å². The third kappa shape index (κ3) is 2.33. The van der Waals surface area contributed by atoms with Crippen LogP contribution in [0.25, 0.3) is 0 Å². The van der Waals surface area contributed by atoms with Crippen LogP contribution >= 0.6 is 15.9 Å². The zero-order chi connectivity index (χ0) is 10.6. The fourth-order valence-corrected chi connectivity index (χ4v) is 1.47. The Bertz CT molecular complexity index is 324. The normalized spacial score (nSPS) is 10.2. The fourth-order valence-electron chi connectivity index (χ4n) is 1.01. The first-order chi connectivity index (χ1) is 6.70. The second-order valence-electron chi connectivity index (χ2n) is 2.55. The quantitative estimate of drug-likeness (QED) is 0.763. The molecule has 0 aliphatic rings. The zero-order valence-electron chi connectivity index (χ0n) is 7.99. The standard InChI is InChI=1S/C8H11BrN2O3/c1-13-4-3-11-7(8(12)14-2)6(9)5-10-11/h5H,3-4H2,1-2H3. The predicted octanol–water partition coefficient (Wildman–Crippen LogP) is 1.08. The first-order valence-corrected chi connectivity index (χ1v) is 4.78. The predicted molar refractivity (Wildman–Crippen MR) is 53.1 cm³/mol. The van der Waals surface area contributed by atoms with E-state index in [2.05, 4.69) is 25.8 Å². The highest BCUT2D eigenvalue weighted by Crippen LogP contribution is 2.16. The third-order valence-electron chi connectivity index (χ3n) is 1.68. The molecule has 6 heteroatoms. The second kappa shape index (κ2) is 5.11. The van der Waals surface area contributed by atoms with E-state index in [-0.39, 0.29) is 0 Å². The first-order valence-electron chi connectivity index (χ1n) is 3.99. The number of rotatable bonds is 4. The molecule has 0 aliphatic heterocycles. The van der Waals surface area contributed by atoms with Gasteiger partial charge in [-0.25, -0.2) is 4.79 Å². The zero-order valence-corrected chi connectivity index (χ0v) is 9.57. The van der Waals surface area contributed by atoms with Crippen LogP contribution in [-0.4, -0.2) is 36.6 Å². The Balaban J connectivity index is 2.88. The van der Waals surface area contributed by atoms with E-state index in [1.807, 2.05) is 0 Å². The number of esters is 1. The van der Waals surface area contributed by atoms with Crippen molar-refractivity contribution in [3.63, 3.8) is 0 Å². The van der Waals surface area contributed by atoms with E-state index in [1.165, 1.54) is 7.11 Å². The van der Waals surface area contributed by atoms with Crippen molar-refractivity contribution in [3.8, 4) is 0 Å². The Labute approximate surface area is 90.1 Å². The van der Waals surface area contributed by atoms with E-state index in [0.29, 0.717) is 23.3 Å². The minimum Gasteiger partial charge on any atom is -0.464 e. The first kappa shape index (κ1) is 11.2. The summed E-state index contributed by atoms with van der Waals surface area (Å²) in [4.78, 5) is 11.3. The van der Waals surface area contributed by atoms with Gasteiger partial charge in [0.05, 0.1) is 30.9 Å². The molecule has 5 nitrogen and oxygen atoms in total. The van der Waals surface area contributed by atoms with Gasteiger partial charge >= 0.3 is 5.97 Å². The molecule has 1 aromatic heterocycles. The highest BCUT2D eigenvalue weighted by Gasteiger charge is 2.16. The number of hydrogen-bond acceptors (Lipinski definition) is 4. The van der Waals surface area contributed by atoms with E-state index in [9.17, 15) is 4.79 Å². The number of methoxy groups -OCH3 is 2. The van der Waals surface area contributed by atoms with Crippen LogP contribution in [-0.2, 0) is 16.0 Å². The van der Waals surface area contributed by atoms with Crippen LogP contribution in [0, 0.1) is 0 Å². The van der Waals surface area contributed by atoms with Crippen molar-refractivity contribution in [2.75, 3.05) is 20.8 Å². The van der Waals surface area contributed by atoms with E-state index >= 15 is 0 Å². The number of carbonyl (C=O) groups is 1. The average Bonchev–Trinajstić information content (AvgIpc) is 2.55. The Morgan fingerprint density at radius 3 is 2.93 bits per heavy atom. The van der Waals surface area contributed by atoms with Gasteiger partial charge in [-0.2, -0.15) is 5.10 Å². The van der Waals surface area contributed by atoms with Crippen molar-refractivity contribution in [2.24, 2.45) is 0 Å². The summed E-state index contributed by atoms with van der Waals surface area (Å²) in [5.41, 5.74) is 0.407. The maximum Gasteiger partial charge on any atom is 0.357 e. The summed E-state index contributed by atoms with van der Waals surface area (Å²) < 4.78 is 11.7. The van der Waals surface area contributed by atoms with Crippen LogP contribution in [0.4, 0.5) is 0 Å². The van der Waals surface area contributed by atoms with Gasteiger partial charge in [0, 0.05) is 7.11 Å². The Kier molecular flexibility index (Phi) is 4.09. The molecule has 0 N–H and O–H groups in total. The molecule has 0 fully saturated rings. The molecule has 0 aliphatic carbocycles. The smallest absolute Gasteiger partial charge is 0.357 e. The molecule has 0 atom stereocenters. The molecule has 1 aromatic rings. The SMILES string of the molecule is COCCn1ncc(Br)c1C(=O)OC. The molecule has 0 radical (unpaired) electrons. The van der Waals surface area contributed by atoms with Crippen LogP contribution in [0.2, 0.25) is 0 Å². The molecular weight excluding hydrogens is 252 g/mol. The van der Waals surface area contributed by atoms with Crippen LogP contribution < -0.4 is 0 Å². The number of ether oxygens (including phenoxy) is 2. The molecule has 0 spiro atoms. The molecule has 1 rings (SSSR count). The van der Waals surface area contributed by atoms with Crippen LogP contribution in [0.15, 0.2) is 10.7 Å². The van der Waals surface area contributed by atoms with Gasteiger partial charge in [-0.3, -0.25) is 4.68 Å². The van der Waals surface area contributed by atoms with Crippen molar-refractivity contribution in [1.82, 2.24) is 9.78 Å². The largest absolute Gasteiger partial charge is 0.464 e. The van der Waals surface area contributed by atoms with Crippen molar-refractivity contribution in [3.05, 3.63) is 16.4 Å². The topological polar surface area (TPSA) is 53.4 Å². The average molecular weight is 263 g/mol. The van der Waals surface area contributed by atoms with E-state index in [1.54, 1.807) is 18.0 Å². The number of nitrogens with zero attached hydrogens (tertiary/aromatic N) is 2. The lowest BCUT2D eigenvalue weighted by atomic mass is 10.4. The van der Waals surface area contributed by atoms with Crippen LogP contribution in [0.3, 0.4) is 0 Å². The molecule has 0 aromatic carbocycles. The number of aromatic nitrogens is 2. The summed E-state index contributed by atoms with van der Waals surface area (Å²) in [6.07, 6.45) is 1.56. The van der Waals surface area contributed by atoms with Gasteiger partial charge in [-0.1, -0.05) is 0 Å². The van der Waals surface area contributed by atoms with Gasteiger partial charge in [0.1, 0.15) is 0 Å². The molecule has 78 valence electrons. The molecule has 14 heavy (non-hydrogen) atoms. The van der Waals surface area contributed by atoms with E-state index in [0.717, 1.165) is 0 Å². The Morgan fingerprint density at radius 2 is 2.36 bits per heavy atom. The summed E-state index contributed by atoms with van der Waals surface area (Å²) in [6.45, 7) is 1.02. The lowest BCUT2D eigenvalue weighted by Gasteiger charge is -2.05. The summed E-state index contributed by atoms with van der Waals surface area (Å²) in [5.74, 6) is -0.412. The van der Waals surface area contributed by atoms with Crippen LogP contribution in [0.1, 0.15) is 10.5 Å². The van der Waals surface area contributed by atoms with Gasteiger partial charge in [-0.15, -0.1) is 0 Å². The lowest BCUT2D eigenvalue weighted by molar-refractivity contribution is 0.0582. The highest BCUT2D eigenvalue weighted by atomic mass is 79.9. The molecule has 0 amide bonds. The molecule has 0 saturated heterocycles. The second-order valence-corrected chi connectivity index (χ2v) is 3.40. The molecule has 0 bridgehead atoms. The Hall–Kier alpha value is -0.880. The third-order valence-corrected chi connectivity index (χ3v) is 2.26. The lowest BCUT2D eigenvalue weighted by Crippen LogP contribution is -2.14. The summed E-state index contributed by atoms with van der Waals surface area (Å²) in [6, 6.07) is 0. The minimum absolute atomic E-state index is 0.407. The number of carbonyl (C=O) groups excluding carboxylic acids is 1. The van der Waals surface area contributed by atoms with E-state index in [4.69, 9.17) is 4.74 Å². The molecular formula is C8H11BrN2O3. The minimum atomic E-state index is -0.412. The van der Waals surface area contributed by atoms with Crippen molar-refractivity contribution >= 4 is 21.9 Å². The maximum atomic E-state index is 11.3. The van der Waals surface area contributed by atoms with Gasteiger partial charge < -0.3 is 9.47 Å². The highest BCUT2D eigenvalue weighted by molar-refractivity contribution is 9.10. The maximum absolute atomic E-state index is 11.3. The number of hydrogen-bond donors (Lipinski definition) is 0. The molecule has 0 unspecified atom stereocenters. The molecule has 1 heterocycles. The van der Waals surface area contributed by atoms with Crippen molar-refractivity contribution in [2.45, 2.75) is 6.54 Å².